The highest BCUT2D eigenvalue weighted by molar-refractivity contribution is 5.79. The standard InChI is InChI=1S/C17H26FN7/c18-14-10-12(17(20)21-16(19)22-23-17)5-6-15(14)25-9-8-24-7-3-1-2-4-13(24)11-25/h5-6,10,13,23H,1-4,7-9,11,20H2,(H3,19,21,22). The number of hydrogen-bond donors (Lipinski definition) is 4. The molecule has 2 saturated heterocycles. The molecule has 0 radical (unpaired) electrons. The molecular formula is C17H26FN7. The van der Waals surface area contributed by atoms with Gasteiger partial charge in [-0.1, -0.05) is 18.9 Å². The van der Waals surface area contributed by atoms with Crippen molar-refractivity contribution < 1.29 is 4.39 Å². The second kappa shape index (κ2) is 6.44. The van der Waals surface area contributed by atoms with Crippen molar-refractivity contribution in [1.29, 1.82) is 0 Å². The van der Waals surface area contributed by atoms with Gasteiger partial charge < -0.3 is 10.6 Å². The van der Waals surface area contributed by atoms with Gasteiger partial charge in [0, 0.05) is 31.2 Å². The third kappa shape index (κ3) is 3.17. The van der Waals surface area contributed by atoms with Gasteiger partial charge in [0.2, 0.25) is 11.7 Å². The Hall–Kier alpha value is -1.90. The van der Waals surface area contributed by atoms with Crippen LogP contribution in [0.25, 0.3) is 0 Å². The summed E-state index contributed by atoms with van der Waals surface area (Å²) >= 11 is 0. The van der Waals surface area contributed by atoms with Crippen LogP contribution in [0.5, 0.6) is 0 Å². The average Bonchev–Trinajstić information content (AvgIpc) is 2.82. The third-order valence-corrected chi connectivity index (χ3v) is 5.49. The van der Waals surface area contributed by atoms with Gasteiger partial charge in [-0.2, -0.15) is 5.43 Å². The first-order valence-electron chi connectivity index (χ1n) is 9.01. The van der Waals surface area contributed by atoms with Gasteiger partial charge in [-0.3, -0.25) is 16.1 Å². The molecule has 1 aromatic carbocycles. The number of aliphatic imine (C=N–C) groups is 1. The Labute approximate surface area is 147 Å². The Kier molecular flexibility index (Phi) is 4.26. The average molecular weight is 347 g/mol. The Morgan fingerprint density at radius 3 is 2.84 bits per heavy atom. The van der Waals surface area contributed by atoms with Gasteiger partial charge in [-0.05, 0) is 31.5 Å². The van der Waals surface area contributed by atoms with Gasteiger partial charge in [0.1, 0.15) is 5.82 Å². The number of guanidine groups is 1. The first-order valence-corrected chi connectivity index (χ1v) is 9.01. The predicted octanol–water partition coefficient (Wildman–Crippen LogP) is 0.382. The van der Waals surface area contributed by atoms with Crippen LogP contribution in [0.3, 0.4) is 0 Å². The number of nitrogens with two attached hydrogens (primary N) is 2. The van der Waals surface area contributed by atoms with Crippen LogP contribution in [0.2, 0.25) is 0 Å². The topological polar surface area (TPSA) is 94.9 Å². The lowest BCUT2D eigenvalue weighted by Gasteiger charge is -2.42. The van der Waals surface area contributed by atoms with E-state index in [0.717, 1.165) is 19.6 Å². The number of rotatable bonds is 2. The zero-order valence-electron chi connectivity index (χ0n) is 14.3. The fraction of sp³-hybridized carbons (Fsp3) is 0.588. The first-order chi connectivity index (χ1) is 12.0. The molecule has 2 fully saturated rings. The molecule has 1 aromatic rings. The highest BCUT2D eigenvalue weighted by Gasteiger charge is 2.33. The second-order valence-corrected chi connectivity index (χ2v) is 7.16. The van der Waals surface area contributed by atoms with Gasteiger partial charge in [0.15, 0.2) is 0 Å². The van der Waals surface area contributed by atoms with Crippen molar-refractivity contribution in [3.05, 3.63) is 29.6 Å². The molecular weight excluding hydrogens is 321 g/mol. The van der Waals surface area contributed by atoms with Crippen molar-refractivity contribution in [3.63, 3.8) is 0 Å². The van der Waals surface area contributed by atoms with Crippen LogP contribution < -0.4 is 27.2 Å². The summed E-state index contributed by atoms with van der Waals surface area (Å²) in [4.78, 5) is 8.83. The fourth-order valence-electron chi connectivity index (χ4n) is 4.09. The van der Waals surface area contributed by atoms with Crippen LogP contribution in [0, 0.1) is 5.82 Å². The molecule has 8 heteroatoms. The second-order valence-electron chi connectivity index (χ2n) is 7.16. The summed E-state index contributed by atoms with van der Waals surface area (Å²) in [5.74, 6) is -1.31. The maximum absolute atomic E-state index is 14.8. The molecule has 0 aliphatic carbocycles. The van der Waals surface area contributed by atoms with Gasteiger partial charge in [-0.15, -0.1) is 0 Å². The van der Waals surface area contributed by atoms with E-state index in [1.54, 1.807) is 6.07 Å². The molecule has 136 valence electrons. The zero-order valence-corrected chi connectivity index (χ0v) is 14.3. The molecule has 0 aromatic heterocycles. The van der Waals surface area contributed by atoms with Crippen molar-refractivity contribution in [3.8, 4) is 0 Å². The van der Waals surface area contributed by atoms with Crippen molar-refractivity contribution in [2.24, 2.45) is 16.5 Å². The minimum absolute atomic E-state index is 0.191. The molecule has 3 aliphatic heterocycles. The zero-order chi connectivity index (χ0) is 17.4. The van der Waals surface area contributed by atoms with Crippen LogP contribution in [-0.4, -0.2) is 43.1 Å². The van der Waals surface area contributed by atoms with E-state index in [1.807, 2.05) is 6.07 Å². The van der Waals surface area contributed by atoms with E-state index in [1.165, 1.54) is 38.3 Å². The Bertz CT molecular complexity index is 679. The minimum Gasteiger partial charge on any atom is -0.369 e. The van der Waals surface area contributed by atoms with Gasteiger partial charge in [-0.25, -0.2) is 9.38 Å². The highest BCUT2D eigenvalue weighted by atomic mass is 19.1. The largest absolute Gasteiger partial charge is 0.369 e. The maximum Gasteiger partial charge on any atom is 0.209 e. The van der Waals surface area contributed by atoms with Crippen molar-refractivity contribution in [2.75, 3.05) is 31.1 Å². The maximum atomic E-state index is 14.8. The summed E-state index contributed by atoms with van der Waals surface area (Å²) in [6.45, 7) is 3.91. The number of benzene rings is 1. The molecule has 7 nitrogen and oxygen atoms in total. The van der Waals surface area contributed by atoms with E-state index in [9.17, 15) is 4.39 Å². The summed E-state index contributed by atoms with van der Waals surface area (Å²) in [5.41, 5.74) is 18.4. The third-order valence-electron chi connectivity index (χ3n) is 5.49. The van der Waals surface area contributed by atoms with Crippen LogP contribution in [-0.2, 0) is 5.79 Å². The number of hydrogen-bond acceptors (Lipinski definition) is 7. The van der Waals surface area contributed by atoms with Crippen molar-refractivity contribution in [2.45, 2.75) is 37.5 Å². The van der Waals surface area contributed by atoms with Crippen LogP contribution in [0.1, 0.15) is 31.2 Å². The van der Waals surface area contributed by atoms with Gasteiger partial charge in [0.25, 0.3) is 0 Å². The van der Waals surface area contributed by atoms with Crippen LogP contribution in [0.4, 0.5) is 10.1 Å². The lowest BCUT2D eigenvalue weighted by atomic mass is 10.0. The van der Waals surface area contributed by atoms with Crippen LogP contribution >= 0.6 is 0 Å². The quantitative estimate of drug-likeness (QED) is 0.618. The molecule has 0 saturated carbocycles. The predicted molar refractivity (Wildman–Crippen MR) is 96.2 cm³/mol. The van der Waals surface area contributed by atoms with Crippen molar-refractivity contribution >= 4 is 11.6 Å². The van der Waals surface area contributed by atoms with E-state index < -0.39 is 5.79 Å². The molecule has 4 rings (SSSR count). The Morgan fingerprint density at radius 1 is 1.20 bits per heavy atom. The number of hydrazine groups is 1. The van der Waals surface area contributed by atoms with E-state index in [0.29, 0.717) is 17.3 Å². The monoisotopic (exact) mass is 347 g/mol. The molecule has 2 unspecified atom stereocenters. The number of nitrogens with zero attached hydrogens (tertiary/aromatic N) is 3. The lowest BCUT2D eigenvalue weighted by molar-refractivity contribution is 0.180. The van der Waals surface area contributed by atoms with E-state index in [2.05, 4.69) is 25.6 Å². The number of piperazine rings is 1. The summed E-state index contributed by atoms with van der Waals surface area (Å²) < 4.78 is 14.8. The molecule has 3 heterocycles. The van der Waals surface area contributed by atoms with Crippen LogP contribution in [0.15, 0.2) is 23.2 Å². The van der Waals surface area contributed by atoms with Gasteiger partial charge in [0.05, 0.1) is 5.69 Å². The summed E-state index contributed by atoms with van der Waals surface area (Å²) in [6.07, 6.45) is 5.05. The number of anilines is 1. The van der Waals surface area contributed by atoms with E-state index in [4.69, 9.17) is 11.5 Å². The fourth-order valence-corrected chi connectivity index (χ4v) is 4.09. The molecule has 25 heavy (non-hydrogen) atoms. The van der Waals surface area contributed by atoms with E-state index in [-0.39, 0.29) is 11.8 Å². The molecule has 6 N–H and O–H groups in total. The Morgan fingerprint density at radius 2 is 2.08 bits per heavy atom. The Balaban J connectivity index is 1.53. The smallest absolute Gasteiger partial charge is 0.209 e. The number of nitrogens with one attached hydrogen (secondary N) is 2. The summed E-state index contributed by atoms with van der Waals surface area (Å²) in [6, 6.07) is 5.60. The number of halogens is 1. The number of fused-ring (bicyclic) bond motifs is 1. The molecule has 3 aliphatic rings. The lowest BCUT2D eigenvalue weighted by Crippen LogP contribution is -2.53. The summed E-state index contributed by atoms with van der Waals surface area (Å²) in [5, 5.41) is 0. The molecule has 2 atom stereocenters. The minimum atomic E-state index is -1.23. The van der Waals surface area contributed by atoms with Crippen molar-refractivity contribution in [1.82, 2.24) is 15.8 Å². The first kappa shape index (κ1) is 16.6. The molecule has 0 amide bonds. The normalized spacial score (nSPS) is 30.4. The molecule has 0 bridgehead atoms. The highest BCUT2D eigenvalue weighted by Crippen LogP contribution is 2.29. The van der Waals surface area contributed by atoms with E-state index >= 15 is 0 Å². The SMILES string of the molecule is NC1=NC(N)(c2ccc(N3CCN4CCCCCC4C3)c(F)c2)NN1. The summed E-state index contributed by atoms with van der Waals surface area (Å²) in [7, 11) is 0. The van der Waals surface area contributed by atoms with Gasteiger partial charge >= 0.3 is 0 Å². The molecule has 0 spiro atoms.